The Morgan fingerprint density at radius 2 is 1.80 bits per heavy atom. The number of esters is 1. The van der Waals surface area contributed by atoms with Crippen LogP contribution in [0.5, 0.6) is 0 Å². The third kappa shape index (κ3) is 4.21. The van der Waals surface area contributed by atoms with E-state index < -0.39 is 5.97 Å². The Hall–Kier alpha value is -2.31. The molecular weight excluding hydrogens is 322 g/mol. The van der Waals surface area contributed by atoms with Gasteiger partial charge < -0.3 is 19.5 Å². The summed E-state index contributed by atoms with van der Waals surface area (Å²) in [6, 6.07) is -0.395. The van der Waals surface area contributed by atoms with Crippen molar-refractivity contribution >= 4 is 17.8 Å². The van der Waals surface area contributed by atoms with Crippen LogP contribution in [0.2, 0.25) is 0 Å². The van der Waals surface area contributed by atoms with Gasteiger partial charge in [-0.2, -0.15) is 0 Å². The summed E-state index contributed by atoms with van der Waals surface area (Å²) in [4.78, 5) is 38.7. The molecule has 0 aliphatic heterocycles. The number of carbonyl (C=O) groups is 3. The summed E-state index contributed by atoms with van der Waals surface area (Å²) in [5, 5.41) is 2.72. The molecular formula is C18H29N3O4. The molecule has 2 amide bonds. The fraction of sp³-hybridized carbons (Fsp3) is 0.611. The zero-order chi connectivity index (χ0) is 19.3. The van der Waals surface area contributed by atoms with Gasteiger partial charge in [-0.1, -0.05) is 0 Å². The SMILES string of the molecule is CCNC(=O)N(CC(=O)c1c(C)c(C(=O)OC)n(CC)c1C)C(C)C. The molecule has 0 radical (unpaired) electrons. The van der Waals surface area contributed by atoms with Gasteiger partial charge in [-0.25, -0.2) is 9.59 Å². The number of aromatic nitrogens is 1. The van der Waals surface area contributed by atoms with Crippen LogP contribution in [0.4, 0.5) is 4.79 Å². The number of hydrogen-bond acceptors (Lipinski definition) is 4. The van der Waals surface area contributed by atoms with Crippen molar-refractivity contribution < 1.29 is 19.1 Å². The van der Waals surface area contributed by atoms with Gasteiger partial charge in [0.15, 0.2) is 5.78 Å². The number of urea groups is 1. The second-order valence-electron chi connectivity index (χ2n) is 6.15. The molecule has 0 fully saturated rings. The van der Waals surface area contributed by atoms with Crippen LogP contribution in [0.1, 0.15) is 59.8 Å². The molecule has 0 saturated heterocycles. The second kappa shape index (κ2) is 8.69. The van der Waals surface area contributed by atoms with Gasteiger partial charge >= 0.3 is 12.0 Å². The van der Waals surface area contributed by atoms with Crippen LogP contribution in [0.15, 0.2) is 0 Å². The molecule has 0 aliphatic rings. The predicted octanol–water partition coefficient (Wildman–Crippen LogP) is 2.53. The molecule has 7 nitrogen and oxygen atoms in total. The number of hydrogen-bond donors (Lipinski definition) is 1. The van der Waals surface area contributed by atoms with Crippen LogP contribution in [0.25, 0.3) is 0 Å². The Labute approximate surface area is 149 Å². The van der Waals surface area contributed by atoms with Crippen molar-refractivity contribution in [2.75, 3.05) is 20.2 Å². The number of nitrogens with one attached hydrogen (secondary N) is 1. The third-order valence-electron chi connectivity index (χ3n) is 4.27. The van der Waals surface area contributed by atoms with Crippen molar-refractivity contribution in [1.82, 2.24) is 14.8 Å². The molecule has 0 atom stereocenters. The van der Waals surface area contributed by atoms with Gasteiger partial charge in [-0.05, 0) is 47.1 Å². The Morgan fingerprint density at radius 3 is 2.24 bits per heavy atom. The van der Waals surface area contributed by atoms with Gasteiger partial charge in [0.2, 0.25) is 0 Å². The molecule has 1 aromatic heterocycles. The highest BCUT2D eigenvalue weighted by atomic mass is 16.5. The molecule has 1 rings (SSSR count). The molecule has 1 aromatic rings. The number of ketones is 1. The lowest BCUT2D eigenvalue weighted by atomic mass is 10.0. The molecule has 0 unspecified atom stereocenters. The van der Waals surface area contributed by atoms with Crippen LogP contribution in [-0.2, 0) is 11.3 Å². The van der Waals surface area contributed by atoms with Gasteiger partial charge in [0.25, 0.3) is 0 Å². The zero-order valence-corrected chi connectivity index (χ0v) is 16.2. The van der Waals surface area contributed by atoms with Crippen LogP contribution in [0, 0.1) is 13.8 Å². The predicted molar refractivity (Wildman–Crippen MR) is 96.2 cm³/mol. The standard InChI is InChI=1S/C18H29N3O4/c1-8-19-18(24)21(11(3)4)10-14(22)15-12(5)16(17(23)25-7)20(9-2)13(15)6/h11H,8-10H2,1-7H3,(H,19,24). The van der Waals surface area contributed by atoms with Crippen molar-refractivity contribution in [2.24, 2.45) is 0 Å². The number of rotatable bonds is 7. The molecule has 1 heterocycles. The smallest absolute Gasteiger partial charge is 0.354 e. The van der Waals surface area contributed by atoms with Crippen molar-refractivity contribution in [3.63, 3.8) is 0 Å². The van der Waals surface area contributed by atoms with E-state index in [1.54, 1.807) is 11.5 Å². The van der Waals surface area contributed by atoms with E-state index in [4.69, 9.17) is 4.74 Å². The first-order valence-electron chi connectivity index (χ1n) is 8.56. The average Bonchev–Trinajstić information content (AvgIpc) is 2.81. The molecule has 25 heavy (non-hydrogen) atoms. The maximum atomic E-state index is 12.9. The van der Waals surface area contributed by atoms with Crippen molar-refractivity contribution in [3.05, 3.63) is 22.5 Å². The van der Waals surface area contributed by atoms with E-state index >= 15 is 0 Å². The Morgan fingerprint density at radius 1 is 1.20 bits per heavy atom. The molecule has 0 bridgehead atoms. The topological polar surface area (TPSA) is 80.6 Å². The Bertz CT molecular complexity index is 662. The highest BCUT2D eigenvalue weighted by Gasteiger charge is 2.28. The highest BCUT2D eigenvalue weighted by Crippen LogP contribution is 2.24. The monoisotopic (exact) mass is 351 g/mol. The quantitative estimate of drug-likeness (QED) is 0.605. The van der Waals surface area contributed by atoms with Crippen molar-refractivity contribution in [2.45, 2.75) is 54.1 Å². The van der Waals surface area contributed by atoms with E-state index in [1.165, 1.54) is 12.0 Å². The summed E-state index contributed by atoms with van der Waals surface area (Å²) in [5.74, 6) is -0.654. The lowest BCUT2D eigenvalue weighted by Gasteiger charge is -2.26. The number of carbonyl (C=O) groups excluding carboxylic acids is 3. The molecule has 0 spiro atoms. The molecule has 1 N–H and O–H groups in total. The average molecular weight is 351 g/mol. The van der Waals surface area contributed by atoms with Crippen LogP contribution in [0.3, 0.4) is 0 Å². The largest absolute Gasteiger partial charge is 0.464 e. The van der Waals surface area contributed by atoms with Crippen molar-refractivity contribution in [1.29, 1.82) is 0 Å². The minimum Gasteiger partial charge on any atom is -0.464 e. The van der Waals surface area contributed by atoms with E-state index in [0.717, 1.165) is 0 Å². The fourth-order valence-corrected chi connectivity index (χ4v) is 3.04. The van der Waals surface area contributed by atoms with Gasteiger partial charge in [-0.15, -0.1) is 0 Å². The van der Waals surface area contributed by atoms with Crippen LogP contribution >= 0.6 is 0 Å². The molecule has 0 aliphatic carbocycles. The second-order valence-corrected chi connectivity index (χ2v) is 6.15. The zero-order valence-electron chi connectivity index (χ0n) is 16.2. The summed E-state index contributed by atoms with van der Waals surface area (Å²) in [5.41, 5.74) is 2.18. The molecule has 7 heteroatoms. The maximum absolute atomic E-state index is 12.9. The summed E-state index contributed by atoms with van der Waals surface area (Å²) >= 11 is 0. The van der Waals surface area contributed by atoms with Crippen molar-refractivity contribution in [3.8, 4) is 0 Å². The first kappa shape index (κ1) is 20.7. The number of nitrogens with zero attached hydrogens (tertiary/aromatic N) is 2. The highest BCUT2D eigenvalue weighted by molar-refractivity contribution is 6.04. The fourth-order valence-electron chi connectivity index (χ4n) is 3.04. The van der Waals surface area contributed by atoms with E-state index in [0.29, 0.717) is 35.6 Å². The van der Waals surface area contributed by atoms with E-state index in [9.17, 15) is 14.4 Å². The summed E-state index contributed by atoms with van der Waals surface area (Å²) in [6.07, 6.45) is 0. The number of amides is 2. The van der Waals surface area contributed by atoms with Gasteiger partial charge in [-0.3, -0.25) is 4.79 Å². The summed E-state index contributed by atoms with van der Waals surface area (Å²) in [6.45, 7) is 12.0. The van der Waals surface area contributed by atoms with Gasteiger partial charge in [0.1, 0.15) is 5.69 Å². The lowest BCUT2D eigenvalue weighted by Crippen LogP contribution is -2.46. The first-order valence-corrected chi connectivity index (χ1v) is 8.56. The minimum atomic E-state index is -0.467. The van der Waals surface area contributed by atoms with Gasteiger partial charge in [0.05, 0.1) is 13.7 Å². The van der Waals surface area contributed by atoms with E-state index in [1.807, 2.05) is 34.6 Å². The Balaban J connectivity index is 3.27. The number of methoxy groups -OCH3 is 1. The summed E-state index contributed by atoms with van der Waals surface area (Å²) in [7, 11) is 1.32. The van der Waals surface area contributed by atoms with E-state index in [2.05, 4.69) is 5.32 Å². The van der Waals surface area contributed by atoms with Crippen LogP contribution in [-0.4, -0.2) is 53.5 Å². The molecule has 0 saturated carbocycles. The maximum Gasteiger partial charge on any atom is 0.354 e. The summed E-state index contributed by atoms with van der Waals surface area (Å²) < 4.78 is 6.63. The van der Waals surface area contributed by atoms with Gasteiger partial charge in [0, 0.05) is 30.4 Å². The van der Waals surface area contributed by atoms with Crippen LogP contribution < -0.4 is 5.32 Å². The Kier molecular flexibility index (Phi) is 7.21. The first-order chi connectivity index (χ1) is 11.7. The third-order valence-corrected chi connectivity index (χ3v) is 4.27. The normalized spacial score (nSPS) is 10.7. The molecule has 0 aromatic carbocycles. The molecule has 140 valence electrons. The van der Waals surface area contributed by atoms with E-state index in [-0.39, 0.29) is 24.4 Å². The number of ether oxygens (including phenoxy) is 1. The minimum absolute atomic E-state index is 0.0421. The lowest BCUT2D eigenvalue weighted by molar-refractivity contribution is 0.0587. The number of Topliss-reactive ketones (excluding diaryl/α,β-unsaturated/α-hetero) is 1.